The maximum Gasteiger partial charge on any atom is 0.224 e. The van der Waals surface area contributed by atoms with E-state index < -0.39 is 0 Å². The van der Waals surface area contributed by atoms with Gasteiger partial charge in [-0.1, -0.05) is 29.3 Å². The third-order valence-electron chi connectivity index (χ3n) is 3.37. The van der Waals surface area contributed by atoms with Crippen LogP contribution >= 0.6 is 23.2 Å². The number of hydrogen-bond acceptors (Lipinski definition) is 3. The number of halogens is 2. The van der Waals surface area contributed by atoms with Crippen LogP contribution in [0.5, 0.6) is 11.5 Å². The third-order valence-corrected chi connectivity index (χ3v) is 4.11. The van der Waals surface area contributed by atoms with Crippen LogP contribution in [-0.4, -0.2) is 19.6 Å². The van der Waals surface area contributed by atoms with E-state index in [1.54, 1.807) is 25.3 Å². The van der Waals surface area contributed by atoms with Crippen molar-refractivity contribution >= 4 is 34.8 Å². The van der Waals surface area contributed by atoms with Gasteiger partial charge in [0, 0.05) is 12.1 Å². The Morgan fingerprint density at radius 2 is 1.88 bits per heavy atom. The van der Waals surface area contributed by atoms with Crippen LogP contribution < -0.4 is 14.8 Å². The SMILES string of the molecule is CCOc1ccc(CCC(=O)Nc2ccc(Cl)c(Cl)c2)cc1OC. The molecule has 128 valence electrons. The fourth-order valence-corrected chi connectivity index (χ4v) is 2.50. The molecule has 0 saturated heterocycles. The molecule has 0 atom stereocenters. The van der Waals surface area contributed by atoms with Gasteiger partial charge in [0.25, 0.3) is 0 Å². The van der Waals surface area contributed by atoms with E-state index in [0.717, 1.165) is 5.56 Å². The van der Waals surface area contributed by atoms with Gasteiger partial charge in [0.2, 0.25) is 5.91 Å². The molecule has 2 aromatic rings. The molecule has 24 heavy (non-hydrogen) atoms. The van der Waals surface area contributed by atoms with Crippen LogP contribution in [0, 0.1) is 0 Å². The van der Waals surface area contributed by atoms with Crippen molar-refractivity contribution in [3.05, 3.63) is 52.0 Å². The lowest BCUT2D eigenvalue weighted by atomic mass is 10.1. The second-order valence-corrected chi connectivity index (χ2v) is 5.91. The zero-order chi connectivity index (χ0) is 17.5. The van der Waals surface area contributed by atoms with Gasteiger partial charge in [0.05, 0.1) is 23.8 Å². The van der Waals surface area contributed by atoms with Crippen molar-refractivity contribution in [2.24, 2.45) is 0 Å². The predicted octanol–water partition coefficient (Wildman–Crippen LogP) is 4.97. The lowest BCUT2D eigenvalue weighted by Crippen LogP contribution is -2.12. The zero-order valence-electron chi connectivity index (χ0n) is 13.6. The van der Waals surface area contributed by atoms with Gasteiger partial charge in [-0.2, -0.15) is 0 Å². The van der Waals surface area contributed by atoms with E-state index in [0.29, 0.717) is 46.7 Å². The van der Waals surface area contributed by atoms with Crippen LogP contribution in [-0.2, 0) is 11.2 Å². The molecule has 2 aromatic carbocycles. The number of aryl methyl sites for hydroxylation is 1. The molecule has 0 aliphatic rings. The number of carbonyl (C=O) groups excluding carboxylic acids is 1. The number of rotatable bonds is 7. The first-order valence-electron chi connectivity index (χ1n) is 7.58. The number of hydrogen-bond donors (Lipinski definition) is 1. The number of ether oxygens (including phenoxy) is 2. The Morgan fingerprint density at radius 3 is 2.54 bits per heavy atom. The molecule has 0 aliphatic heterocycles. The highest BCUT2D eigenvalue weighted by Crippen LogP contribution is 2.29. The van der Waals surface area contributed by atoms with Gasteiger partial charge in [-0.3, -0.25) is 4.79 Å². The summed E-state index contributed by atoms with van der Waals surface area (Å²) in [4.78, 5) is 12.1. The first kappa shape index (κ1) is 18.4. The van der Waals surface area contributed by atoms with Crippen molar-refractivity contribution in [2.75, 3.05) is 19.0 Å². The van der Waals surface area contributed by atoms with Crippen molar-refractivity contribution < 1.29 is 14.3 Å². The highest BCUT2D eigenvalue weighted by Gasteiger charge is 2.08. The number of carbonyl (C=O) groups is 1. The summed E-state index contributed by atoms with van der Waals surface area (Å²) in [6, 6.07) is 10.7. The number of nitrogens with one attached hydrogen (secondary N) is 1. The molecular weight excluding hydrogens is 349 g/mol. The van der Waals surface area contributed by atoms with Gasteiger partial charge in [-0.25, -0.2) is 0 Å². The Bertz CT molecular complexity index is 719. The summed E-state index contributed by atoms with van der Waals surface area (Å²) in [7, 11) is 1.60. The van der Waals surface area contributed by atoms with Gasteiger partial charge in [-0.15, -0.1) is 0 Å². The van der Waals surface area contributed by atoms with Crippen molar-refractivity contribution in [1.82, 2.24) is 0 Å². The molecule has 2 rings (SSSR count). The van der Waals surface area contributed by atoms with Crippen molar-refractivity contribution in [2.45, 2.75) is 19.8 Å². The van der Waals surface area contributed by atoms with E-state index in [4.69, 9.17) is 32.7 Å². The van der Waals surface area contributed by atoms with E-state index in [1.165, 1.54) is 0 Å². The Labute approximate surface area is 151 Å². The van der Waals surface area contributed by atoms with Gasteiger partial charge >= 0.3 is 0 Å². The minimum atomic E-state index is -0.0961. The normalized spacial score (nSPS) is 10.3. The lowest BCUT2D eigenvalue weighted by Gasteiger charge is -2.11. The highest BCUT2D eigenvalue weighted by atomic mass is 35.5. The Kier molecular flexibility index (Phi) is 6.76. The fraction of sp³-hybridized carbons (Fsp3) is 0.278. The molecule has 1 amide bonds. The summed E-state index contributed by atoms with van der Waals surface area (Å²) in [5.41, 5.74) is 1.62. The molecule has 4 nitrogen and oxygen atoms in total. The Morgan fingerprint density at radius 1 is 1.08 bits per heavy atom. The topological polar surface area (TPSA) is 47.6 Å². The molecule has 0 radical (unpaired) electrons. The number of anilines is 1. The number of methoxy groups -OCH3 is 1. The maximum atomic E-state index is 12.1. The van der Waals surface area contributed by atoms with Crippen molar-refractivity contribution in [1.29, 1.82) is 0 Å². The maximum absolute atomic E-state index is 12.1. The molecule has 6 heteroatoms. The minimum absolute atomic E-state index is 0.0961. The van der Waals surface area contributed by atoms with Crippen LogP contribution in [0.3, 0.4) is 0 Å². The van der Waals surface area contributed by atoms with Crippen LogP contribution in [0.2, 0.25) is 10.0 Å². The Balaban J connectivity index is 1.94. The van der Waals surface area contributed by atoms with E-state index >= 15 is 0 Å². The molecule has 0 aliphatic carbocycles. The summed E-state index contributed by atoms with van der Waals surface area (Å²) in [6.07, 6.45) is 0.938. The van der Waals surface area contributed by atoms with E-state index in [2.05, 4.69) is 5.32 Å². The van der Waals surface area contributed by atoms with Crippen LogP contribution in [0.4, 0.5) is 5.69 Å². The smallest absolute Gasteiger partial charge is 0.224 e. The molecule has 0 spiro atoms. The third kappa shape index (κ3) is 5.05. The molecule has 0 unspecified atom stereocenters. The first-order chi connectivity index (χ1) is 11.5. The first-order valence-corrected chi connectivity index (χ1v) is 8.33. The molecule has 0 saturated carbocycles. The summed E-state index contributed by atoms with van der Waals surface area (Å²) in [5.74, 6) is 1.27. The fourth-order valence-electron chi connectivity index (χ4n) is 2.20. The second kappa shape index (κ2) is 8.81. The summed E-state index contributed by atoms with van der Waals surface area (Å²) < 4.78 is 10.8. The molecule has 0 bridgehead atoms. The van der Waals surface area contributed by atoms with Crippen LogP contribution in [0.25, 0.3) is 0 Å². The molecule has 0 fully saturated rings. The van der Waals surface area contributed by atoms with Crippen molar-refractivity contribution in [3.63, 3.8) is 0 Å². The summed E-state index contributed by atoms with van der Waals surface area (Å²) in [6.45, 7) is 2.49. The highest BCUT2D eigenvalue weighted by molar-refractivity contribution is 6.42. The second-order valence-electron chi connectivity index (χ2n) is 5.10. The minimum Gasteiger partial charge on any atom is -0.493 e. The number of benzene rings is 2. The molecule has 0 aromatic heterocycles. The lowest BCUT2D eigenvalue weighted by molar-refractivity contribution is -0.116. The predicted molar refractivity (Wildman–Crippen MR) is 97.6 cm³/mol. The van der Waals surface area contributed by atoms with Gasteiger partial charge < -0.3 is 14.8 Å². The molecule has 1 N–H and O–H groups in total. The largest absolute Gasteiger partial charge is 0.493 e. The molecular formula is C18H19Cl2NO3. The quantitative estimate of drug-likeness (QED) is 0.751. The van der Waals surface area contributed by atoms with E-state index in [9.17, 15) is 4.79 Å². The van der Waals surface area contributed by atoms with Crippen LogP contribution in [0.15, 0.2) is 36.4 Å². The van der Waals surface area contributed by atoms with Crippen LogP contribution in [0.1, 0.15) is 18.9 Å². The van der Waals surface area contributed by atoms with Crippen molar-refractivity contribution in [3.8, 4) is 11.5 Å². The average Bonchev–Trinajstić information content (AvgIpc) is 2.57. The van der Waals surface area contributed by atoms with E-state index in [1.807, 2.05) is 25.1 Å². The standard InChI is InChI=1S/C18H19Cl2NO3/c1-3-24-16-8-4-12(10-17(16)23-2)5-9-18(22)21-13-6-7-14(19)15(20)11-13/h4,6-8,10-11H,3,5,9H2,1-2H3,(H,21,22). The van der Waals surface area contributed by atoms with Gasteiger partial charge in [0.1, 0.15) is 0 Å². The zero-order valence-corrected chi connectivity index (χ0v) is 15.1. The molecule has 0 heterocycles. The van der Waals surface area contributed by atoms with E-state index in [-0.39, 0.29) is 5.91 Å². The van der Waals surface area contributed by atoms with Gasteiger partial charge in [-0.05, 0) is 49.2 Å². The average molecular weight is 368 g/mol. The summed E-state index contributed by atoms with van der Waals surface area (Å²) in [5, 5.41) is 3.67. The summed E-state index contributed by atoms with van der Waals surface area (Å²) >= 11 is 11.8. The number of amides is 1. The monoisotopic (exact) mass is 367 g/mol. The Hall–Kier alpha value is -1.91. The van der Waals surface area contributed by atoms with Gasteiger partial charge in [0.15, 0.2) is 11.5 Å².